The molecule has 1 aliphatic heterocycles. The van der Waals surface area contributed by atoms with Crippen molar-refractivity contribution in [2.45, 2.75) is 30.7 Å². The quantitative estimate of drug-likeness (QED) is 0.658. The predicted molar refractivity (Wildman–Crippen MR) is 115 cm³/mol. The van der Waals surface area contributed by atoms with Gasteiger partial charge in [-0.1, -0.05) is 24.6 Å². The van der Waals surface area contributed by atoms with E-state index in [-0.39, 0.29) is 10.8 Å². The maximum absolute atomic E-state index is 12.9. The monoisotopic (exact) mass is 424 g/mol. The van der Waals surface area contributed by atoms with Crippen molar-refractivity contribution in [3.8, 4) is 0 Å². The van der Waals surface area contributed by atoms with Crippen LogP contribution in [0.2, 0.25) is 0 Å². The van der Waals surface area contributed by atoms with Crippen LogP contribution in [0.1, 0.15) is 35.2 Å². The van der Waals surface area contributed by atoms with Gasteiger partial charge in [-0.2, -0.15) is 9.40 Å². The topological polar surface area (TPSA) is 84.3 Å². The number of amides is 1. The first-order valence-corrected chi connectivity index (χ1v) is 11.4. The summed E-state index contributed by atoms with van der Waals surface area (Å²) in [5, 5.41) is 6.97. The maximum Gasteiger partial charge on any atom is 0.255 e. The number of nitrogens with zero attached hydrogens (tertiary/aromatic N) is 3. The van der Waals surface area contributed by atoms with Crippen LogP contribution >= 0.6 is 0 Å². The van der Waals surface area contributed by atoms with Gasteiger partial charge in [-0.15, -0.1) is 0 Å². The average molecular weight is 425 g/mol. The molecular formula is C22H24N4O3S. The molecule has 0 aliphatic carbocycles. The molecule has 3 aromatic rings. The van der Waals surface area contributed by atoms with E-state index in [1.165, 1.54) is 10.4 Å². The number of sulfonamides is 1. The number of aromatic nitrogens is 2. The normalized spacial score (nSPS) is 15.1. The molecule has 1 N–H and O–H groups in total. The van der Waals surface area contributed by atoms with Crippen molar-refractivity contribution in [1.82, 2.24) is 14.1 Å². The van der Waals surface area contributed by atoms with Gasteiger partial charge in [0.15, 0.2) is 0 Å². The zero-order valence-corrected chi connectivity index (χ0v) is 17.4. The SMILES string of the molecule is O=C(Nc1cccc(S(=O)(=O)N2CCCCC2)c1)c1ccc(Cn2cccn2)cc1. The van der Waals surface area contributed by atoms with Crippen molar-refractivity contribution in [3.63, 3.8) is 0 Å². The van der Waals surface area contributed by atoms with Crippen LogP contribution in [-0.4, -0.2) is 41.5 Å². The highest BCUT2D eigenvalue weighted by Crippen LogP contribution is 2.23. The fraction of sp³-hybridized carbons (Fsp3) is 0.273. The molecule has 0 spiro atoms. The average Bonchev–Trinajstić information content (AvgIpc) is 3.28. The second kappa shape index (κ2) is 8.81. The molecule has 4 rings (SSSR count). The van der Waals surface area contributed by atoms with Crippen molar-refractivity contribution in [1.29, 1.82) is 0 Å². The largest absolute Gasteiger partial charge is 0.322 e. The van der Waals surface area contributed by atoms with Crippen LogP contribution in [0.25, 0.3) is 0 Å². The molecule has 1 fully saturated rings. The maximum atomic E-state index is 12.9. The van der Waals surface area contributed by atoms with Crippen LogP contribution in [0, 0.1) is 0 Å². The van der Waals surface area contributed by atoms with Crippen molar-refractivity contribution in [2.75, 3.05) is 18.4 Å². The minimum absolute atomic E-state index is 0.205. The molecule has 156 valence electrons. The van der Waals surface area contributed by atoms with Crippen LogP contribution in [0.4, 0.5) is 5.69 Å². The van der Waals surface area contributed by atoms with Gasteiger partial charge in [-0.05, 0) is 54.8 Å². The Morgan fingerprint density at radius 1 is 1.00 bits per heavy atom. The number of piperidine rings is 1. The number of anilines is 1. The van der Waals surface area contributed by atoms with Crippen molar-refractivity contribution in [3.05, 3.63) is 78.1 Å². The summed E-state index contributed by atoms with van der Waals surface area (Å²) in [6.07, 6.45) is 6.42. The Kier molecular flexibility index (Phi) is 5.96. The number of carbonyl (C=O) groups excluding carboxylic acids is 1. The molecule has 0 unspecified atom stereocenters. The third kappa shape index (κ3) is 4.60. The predicted octanol–water partition coefficient (Wildman–Crippen LogP) is 3.36. The van der Waals surface area contributed by atoms with E-state index in [0.29, 0.717) is 30.9 Å². The highest BCUT2D eigenvalue weighted by molar-refractivity contribution is 7.89. The second-order valence-corrected chi connectivity index (χ2v) is 9.29. The summed E-state index contributed by atoms with van der Waals surface area (Å²) < 4.78 is 29.1. The summed E-state index contributed by atoms with van der Waals surface area (Å²) in [6, 6.07) is 15.6. The van der Waals surface area contributed by atoms with Gasteiger partial charge in [0.05, 0.1) is 11.4 Å². The molecular weight excluding hydrogens is 400 g/mol. The molecule has 7 nitrogen and oxygen atoms in total. The summed E-state index contributed by atoms with van der Waals surface area (Å²) in [7, 11) is -3.54. The first-order valence-electron chi connectivity index (χ1n) is 10.0. The zero-order chi connectivity index (χ0) is 21.0. The molecule has 1 aliphatic rings. The van der Waals surface area contributed by atoms with E-state index in [1.54, 1.807) is 36.5 Å². The smallest absolute Gasteiger partial charge is 0.255 e. The van der Waals surface area contributed by atoms with Gasteiger partial charge in [-0.25, -0.2) is 8.42 Å². The molecule has 0 saturated carbocycles. The second-order valence-electron chi connectivity index (χ2n) is 7.35. The van der Waals surface area contributed by atoms with Crippen molar-refractivity contribution >= 4 is 21.6 Å². The van der Waals surface area contributed by atoms with Gasteiger partial charge in [0, 0.05) is 36.7 Å². The first-order chi connectivity index (χ1) is 14.5. The zero-order valence-electron chi connectivity index (χ0n) is 16.6. The van der Waals surface area contributed by atoms with Crippen LogP contribution in [0.15, 0.2) is 71.9 Å². The Morgan fingerprint density at radius 2 is 1.77 bits per heavy atom. The van der Waals surface area contributed by atoms with E-state index < -0.39 is 10.0 Å². The fourth-order valence-corrected chi connectivity index (χ4v) is 5.10. The van der Waals surface area contributed by atoms with Crippen LogP contribution in [0.5, 0.6) is 0 Å². The Labute approximate surface area is 176 Å². The Bertz CT molecular complexity index is 1100. The van der Waals surface area contributed by atoms with Gasteiger partial charge in [0.25, 0.3) is 5.91 Å². The highest BCUT2D eigenvalue weighted by atomic mass is 32.2. The lowest BCUT2D eigenvalue weighted by molar-refractivity contribution is 0.102. The molecule has 0 atom stereocenters. The van der Waals surface area contributed by atoms with Crippen LogP contribution in [0.3, 0.4) is 0 Å². The van der Waals surface area contributed by atoms with E-state index in [9.17, 15) is 13.2 Å². The number of hydrogen-bond donors (Lipinski definition) is 1. The number of carbonyl (C=O) groups is 1. The molecule has 1 saturated heterocycles. The van der Waals surface area contributed by atoms with Gasteiger partial charge in [-0.3, -0.25) is 9.48 Å². The molecule has 0 bridgehead atoms. The van der Waals surface area contributed by atoms with Gasteiger partial charge in [0.1, 0.15) is 0 Å². The van der Waals surface area contributed by atoms with E-state index in [0.717, 1.165) is 24.8 Å². The van der Waals surface area contributed by atoms with E-state index in [2.05, 4.69) is 10.4 Å². The fourth-order valence-electron chi connectivity index (χ4n) is 3.53. The molecule has 1 aromatic heterocycles. The minimum atomic E-state index is -3.54. The number of rotatable bonds is 6. The lowest BCUT2D eigenvalue weighted by Crippen LogP contribution is -2.35. The van der Waals surface area contributed by atoms with Gasteiger partial charge in [0.2, 0.25) is 10.0 Å². The van der Waals surface area contributed by atoms with Gasteiger partial charge < -0.3 is 5.32 Å². The van der Waals surface area contributed by atoms with E-state index in [4.69, 9.17) is 0 Å². The van der Waals surface area contributed by atoms with Crippen LogP contribution < -0.4 is 5.32 Å². The summed E-state index contributed by atoms with van der Waals surface area (Å²) >= 11 is 0. The lowest BCUT2D eigenvalue weighted by Gasteiger charge is -2.26. The standard InChI is InChI=1S/C22H24N4O3S/c27-22(19-10-8-18(9-11-19)17-25-13-5-12-23-25)24-20-6-4-7-21(16-20)30(28,29)26-14-2-1-3-15-26/h4-13,16H,1-3,14-15,17H2,(H,24,27). The number of nitrogens with one attached hydrogen (secondary N) is 1. The molecule has 30 heavy (non-hydrogen) atoms. The highest BCUT2D eigenvalue weighted by Gasteiger charge is 2.26. The summed E-state index contributed by atoms with van der Waals surface area (Å²) in [6.45, 7) is 1.72. The molecule has 2 aromatic carbocycles. The number of benzene rings is 2. The summed E-state index contributed by atoms with van der Waals surface area (Å²) in [5.74, 6) is -0.284. The third-order valence-electron chi connectivity index (χ3n) is 5.16. The first kappa shape index (κ1) is 20.3. The Morgan fingerprint density at radius 3 is 2.47 bits per heavy atom. The molecule has 2 heterocycles. The minimum Gasteiger partial charge on any atom is -0.322 e. The molecule has 1 amide bonds. The van der Waals surface area contributed by atoms with E-state index in [1.807, 2.05) is 29.1 Å². The summed E-state index contributed by atoms with van der Waals surface area (Å²) in [4.78, 5) is 12.8. The van der Waals surface area contributed by atoms with Crippen molar-refractivity contribution < 1.29 is 13.2 Å². The Hall–Kier alpha value is -2.97. The third-order valence-corrected chi connectivity index (χ3v) is 7.06. The Balaban J connectivity index is 1.45. The van der Waals surface area contributed by atoms with Gasteiger partial charge >= 0.3 is 0 Å². The van der Waals surface area contributed by atoms with E-state index >= 15 is 0 Å². The molecule has 0 radical (unpaired) electrons. The number of hydrogen-bond acceptors (Lipinski definition) is 4. The summed E-state index contributed by atoms with van der Waals surface area (Å²) in [5.41, 5.74) is 1.99. The lowest BCUT2D eigenvalue weighted by atomic mass is 10.1. The van der Waals surface area contributed by atoms with Crippen LogP contribution in [-0.2, 0) is 16.6 Å². The van der Waals surface area contributed by atoms with Crippen molar-refractivity contribution in [2.24, 2.45) is 0 Å². The molecule has 8 heteroatoms.